The maximum absolute atomic E-state index is 10.3. The van der Waals surface area contributed by atoms with E-state index in [4.69, 9.17) is 10.4 Å². The molecule has 1 rings (SSSR count). The van der Waals surface area contributed by atoms with Gasteiger partial charge in [0.1, 0.15) is 11.8 Å². The van der Waals surface area contributed by atoms with Crippen LogP contribution in [0.4, 0.5) is 0 Å². The lowest BCUT2D eigenvalue weighted by molar-refractivity contribution is -0.137. The summed E-state index contributed by atoms with van der Waals surface area (Å²) in [5.74, 6) is -0.770. The number of rotatable bonds is 5. The minimum absolute atomic E-state index is 0.192. The third-order valence-corrected chi connectivity index (χ3v) is 1.99. The summed E-state index contributed by atoms with van der Waals surface area (Å²) in [6, 6.07) is 7.26. The Morgan fingerprint density at radius 1 is 1.47 bits per heavy atom. The lowest BCUT2D eigenvalue weighted by Crippen LogP contribution is -1.96. The van der Waals surface area contributed by atoms with Crippen molar-refractivity contribution in [2.45, 2.75) is 25.7 Å². The summed E-state index contributed by atoms with van der Waals surface area (Å²) in [6.45, 7) is 0. The number of aromatic nitrogens is 1. The van der Waals surface area contributed by atoms with Crippen LogP contribution in [-0.2, 0) is 11.2 Å². The van der Waals surface area contributed by atoms with Crippen LogP contribution in [0, 0.1) is 11.3 Å². The highest BCUT2D eigenvalue weighted by atomic mass is 16.4. The van der Waals surface area contributed by atoms with Crippen molar-refractivity contribution in [2.24, 2.45) is 0 Å². The molecule has 0 amide bonds. The summed E-state index contributed by atoms with van der Waals surface area (Å²) in [4.78, 5) is 14.4. The van der Waals surface area contributed by atoms with Crippen molar-refractivity contribution >= 4 is 5.97 Å². The van der Waals surface area contributed by atoms with Crippen molar-refractivity contribution in [1.82, 2.24) is 4.98 Å². The van der Waals surface area contributed by atoms with Gasteiger partial charge >= 0.3 is 5.97 Å². The molecule has 78 valence electrons. The van der Waals surface area contributed by atoms with Crippen LogP contribution in [0.5, 0.6) is 0 Å². The van der Waals surface area contributed by atoms with Crippen LogP contribution in [0.2, 0.25) is 0 Å². The molecule has 1 aromatic heterocycles. The zero-order valence-corrected chi connectivity index (χ0v) is 8.31. The molecule has 0 bridgehead atoms. The number of nitriles is 1. The Morgan fingerprint density at radius 2 is 2.27 bits per heavy atom. The van der Waals surface area contributed by atoms with E-state index in [1.807, 2.05) is 12.1 Å². The molecule has 0 unspecified atom stereocenters. The average molecular weight is 204 g/mol. The highest BCUT2D eigenvalue weighted by Gasteiger charge is 1.99. The first kappa shape index (κ1) is 11.2. The number of nitrogens with zero attached hydrogens (tertiary/aromatic N) is 2. The van der Waals surface area contributed by atoms with Gasteiger partial charge in [-0.15, -0.1) is 0 Å². The quantitative estimate of drug-likeness (QED) is 0.741. The second-order valence-corrected chi connectivity index (χ2v) is 3.23. The largest absolute Gasteiger partial charge is 0.481 e. The molecule has 0 aliphatic rings. The van der Waals surface area contributed by atoms with Crippen molar-refractivity contribution in [3.63, 3.8) is 0 Å². The Bertz CT molecular complexity index is 382. The van der Waals surface area contributed by atoms with Crippen molar-refractivity contribution in [1.29, 1.82) is 5.26 Å². The van der Waals surface area contributed by atoms with E-state index in [2.05, 4.69) is 4.98 Å². The number of hydrogen-bond acceptors (Lipinski definition) is 3. The monoisotopic (exact) mass is 204 g/mol. The molecule has 0 aliphatic carbocycles. The Morgan fingerprint density at radius 3 is 2.93 bits per heavy atom. The van der Waals surface area contributed by atoms with Gasteiger partial charge in [-0.3, -0.25) is 4.79 Å². The Balaban J connectivity index is 2.38. The minimum atomic E-state index is -0.770. The number of carboxylic acids is 1. The van der Waals surface area contributed by atoms with Crippen molar-refractivity contribution in [3.05, 3.63) is 29.6 Å². The predicted molar refractivity (Wildman–Crippen MR) is 54.1 cm³/mol. The smallest absolute Gasteiger partial charge is 0.303 e. The van der Waals surface area contributed by atoms with Crippen LogP contribution in [0.1, 0.15) is 30.7 Å². The van der Waals surface area contributed by atoms with Gasteiger partial charge in [0.05, 0.1) is 0 Å². The van der Waals surface area contributed by atoms with E-state index in [0.717, 1.165) is 18.5 Å². The molecule has 0 atom stereocenters. The zero-order valence-electron chi connectivity index (χ0n) is 8.31. The van der Waals surface area contributed by atoms with E-state index in [0.29, 0.717) is 12.1 Å². The first-order chi connectivity index (χ1) is 7.22. The highest BCUT2D eigenvalue weighted by Crippen LogP contribution is 2.05. The first-order valence-corrected chi connectivity index (χ1v) is 4.80. The SMILES string of the molecule is N#Cc1cccc(CCCCC(=O)O)n1. The summed E-state index contributed by atoms with van der Waals surface area (Å²) in [6.07, 6.45) is 2.35. The lowest BCUT2D eigenvalue weighted by atomic mass is 10.1. The number of hydrogen-bond donors (Lipinski definition) is 1. The van der Waals surface area contributed by atoms with E-state index >= 15 is 0 Å². The molecule has 1 aromatic rings. The van der Waals surface area contributed by atoms with Gasteiger partial charge in [-0.1, -0.05) is 6.07 Å². The first-order valence-electron chi connectivity index (χ1n) is 4.80. The molecular formula is C11H12N2O2. The molecule has 0 aliphatic heterocycles. The fraction of sp³-hybridized carbons (Fsp3) is 0.364. The third kappa shape index (κ3) is 4.23. The van der Waals surface area contributed by atoms with Gasteiger partial charge in [0, 0.05) is 12.1 Å². The number of aliphatic carboxylic acids is 1. The molecule has 1 heterocycles. The fourth-order valence-corrected chi connectivity index (χ4v) is 1.26. The van der Waals surface area contributed by atoms with Crippen LogP contribution in [-0.4, -0.2) is 16.1 Å². The molecule has 1 N–H and O–H groups in total. The van der Waals surface area contributed by atoms with Crippen LogP contribution in [0.3, 0.4) is 0 Å². The number of unbranched alkanes of at least 4 members (excludes halogenated alkanes) is 1. The topological polar surface area (TPSA) is 74.0 Å². The molecule has 0 saturated heterocycles. The van der Waals surface area contributed by atoms with Gasteiger partial charge in [0.2, 0.25) is 0 Å². The van der Waals surface area contributed by atoms with Crippen LogP contribution < -0.4 is 0 Å². The molecule has 0 spiro atoms. The maximum Gasteiger partial charge on any atom is 0.303 e. The van der Waals surface area contributed by atoms with Crippen LogP contribution in [0.15, 0.2) is 18.2 Å². The number of carboxylic acid groups (broad SMARTS) is 1. The zero-order chi connectivity index (χ0) is 11.1. The van der Waals surface area contributed by atoms with Crippen molar-refractivity contribution in [3.8, 4) is 6.07 Å². The predicted octanol–water partition coefficient (Wildman–Crippen LogP) is 1.75. The third-order valence-electron chi connectivity index (χ3n) is 1.99. The van der Waals surface area contributed by atoms with E-state index in [1.165, 1.54) is 0 Å². The van der Waals surface area contributed by atoms with Crippen molar-refractivity contribution in [2.75, 3.05) is 0 Å². The van der Waals surface area contributed by atoms with Crippen LogP contribution in [0.25, 0.3) is 0 Å². The van der Waals surface area contributed by atoms with Gasteiger partial charge in [0.15, 0.2) is 0 Å². The molecule has 0 saturated carbocycles. The Kier molecular flexibility index (Phi) is 4.30. The van der Waals surface area contributed by atoms with Gasteiger partial charge in [0.25, 0.3) is 0 Å². The van der Waals surface area contributed by atoms with E-state index in [-0.39, 0.29) is 6.42 Å². The highest BCUT2D eigenvalue weighted by molar-refractivity contribution is 5.66. The fourth-order valence-electron chi connectivity index (χ4n) is 1.26. The lowest BCUT2D eigenvalue weighted by Gasteiger charge is -1.99. The summed E-state index contributed by atoms with van der Waals surface area (Å²) < 4.78 is 0. The Labute approximate surface area is 88.2 Å². The van der Waals surface area contributed by atoms with E-state index < -0.39 is 5.97 Å². The normalized spacial score (nSPS) is 9.53. The maximum atomic E-state index is 10.3. The summed E-state index contributed by atoms with van der Waals surface area (Å²) in [5, 5.41) is 17.1. The van der Waals surface area contributed by atoms with E-state index in [9.17, 15) is 4.79 Å². The summed E-state index contributed by atoms with van der Waals surface area (Å²) in [7, 11) is 0. The molecule has 0 aromatic carbocycles. The van der Waals surface area contributed by atoms with Gasteiger partial charge in [-0.25, -0.2) is 4.98 Å². The molecule has 4 nitrogen and oxygen atoms in total. The second kappa shape index (κ2) is 5.76. The number of aryl methyl sites for hydroxylation is 1. The standard InChI is InChI=1S/C11H12N2O2/c12-8-10-6-3-5-9(13-10)4-1-2-7-11(14)15/h3,5-6H,1-2,4,7H2,(H,14,15). The van der Waals surface area contributed by atoms with Gasteiger partial charge in [-0.2, -0.15) is 5.26 Å². The summed E-state index contributed by atoms with van der Waals surface area (Å²) >= 11 is 0. The molecule has 0 radical (unpaired) electrons. The Hall–Kier alpha value is -1.89. The molecule has 4 heteroatoms. The van der Waals surface area contributed by atoms with Crippen molar-refractivity contribution < 1.29 is 9.90 Å². The number of pyridine rings is 1. The van der Waals surface area contributed by atoms with Gasteiger partial charge in [-0.05, 0) is 31.4 Å². The molecule has 0 fully saturated rings. The van der Waals surface area contributed by atoms with E-state index in [1.54, 1.807) is 12.1 Å². The minimum Gasteiger partial charge on any atom is -0.481 e. The van der Waals surface area contributed by atoms with Gasteiger partial charge < -0.3 is 5.11 Å². The van der Waals surface area contributed by atoms with Crippen LogP contribution >= 0.6 is 0 Å². The number of carbonyl (C=O) groups is 1. The summed E-state index contributed by atoms with van der Waals surface area (Å²) in [5.41, 5.74) is 1.25. The molecular weight excluding hydrogens is 192 g/mol. The second-order valence-electron chi connectivity index (χ2n) is 3.23. The average Bonchev–Trinajstić information content (AvgIpc) is 2.24. The molecule has 15 heavy (non-hydrogen) atoms.